The first kappa shape index (κ1) is 30.6. The molecule has 1 saturated carbocycles. The summed E-state index contributed by atoms with van der Waals surface area (Å²) < 4.78 is 39.1. The predicted octanol–water partition coefficient (Wildman–Crippen LogP) is -0.319. The number of amides is 5. The van der Waals surface area contributed by atoms with Crippen molar-refractivity contribution in [3.05, 3.63) is 0 Å². The normalized spacial score (nSPS) is 28.1. The van der Waals surface area contributed by atoms with Crippen molar-refractivity contribution < 1.29 is 42.3 Å². The maximum absolute atomic E-state index is 13.7. The topological polar surface area (TPSA) is 157 Å². The standard InChI is InChI=1S/C25H38F3N5O6/c1-23(2,3)17(32-22(39)25(26,27)28)21(38)33-10-12-14(24(12,4)5)15(33)19(36)31-13(16(34)20(37)29-6)9-11-7-8-30-18(11)35/h11-17,34H,7-10H2,1-6H3,(H,29,37)(H,30,35)(H,31,36)(H,32,39)/t11-,12-,13?,14-,15-,16?,17?/m0/s1. The number of fused-ring (bicyclic) bond motifs is 1. The highest BCUT2D eigenvalue weighted by atomic mass is 19.4. The Morgan fingerprint density at radius 2 is 1.77 bits per heavy atom. The number of alkyl halides is 3. The number of likely N-dealkylation sites (tertiary alicyclic amines) is 1. The molecule has 0 radical (unpaired) electrons. The molecule has 14 heteroatoms. The summed E-state index contributed by atoms with van der Waals surface area (Å²) in [4.78, 5) is 64.7. The monoisotopic (exact) mass is 561 g/mol. The smallest absolute Gasteiger partial charge is 0.381 e. The summed E-state index contributed by atoms with van der Waals surface area (Å²) in [6.45, 7) is 8.85. The van der Waals surface area contributed by atoms with Gasteiger partial charge in [-0.3, -0.25) is 24.0 Å². The van der Waals surface area contributed by atoms with E-state index in [0.29, 0.717) is 13.0 Å². The maximum atomic E-state index is 13.7. The Morgan fingerprint density at radius 1 is 1.15 bits per heavy atom. The summed E-state index contributed by atoms with van der Waals surface area (Å²) in [5.74, 6) is -5.82. The van der Waals surface area contributed by atoms with Crippen molar-refractivity contribution in [2.45, 2.75) is 77.9 Å². The Bertz CT molecular complexity index is 1030. The molecule has 5 amide bonds. The van der Waals surface area contributed by atoms with E-state index in [2.05, 4.69) is 16.0 Å². The second-order valence-corrected chi connectivity index (χ2v) is 12.3. The molecule has 2 aliphatic heterocycles. The van der Waals surface area contributed by atoms with Crippen molar-refractivity contribution in [1.82, 2.24) is 26.2 Å². The van der Waals surface area contributed by atoms with Gasteiger partial charge in [0, 0.05) is 26.1 Å². The Kier molecular flexibility index (Phi) is 8.31. The van der Waals surface area contributed by atoms with E-state index in [0.717, 1.165) is 0 Å². The van der Waals surface area contributed by atoms with Crippen LogP contribution in [0.15, 0.2) is 0 Å². The molecule has 3 rings (SSSR count). The van der Waals surface area contributed by atoms with Crippen LogP contribution in [0, 0.1) is 28.6 Å². The molecule has 1 aliphatic carbocycles. The number of hydrogen-bond donors (Lipinski definition) is 5. The number of piperidine rings is 1. The van der Waals surface area contributed by atoms with Crippen LogP contribution in [-0.4, -0.2) is 90.1 Å². The summed E-state index contributed by atoms with van der Waals surface area (Å²) in [6, 6.07) is -3.84. The lowest BCUT2D eigenvalue weighted by Crippen LogP contribution is -2.62. The average molecular weight is 562 g/mol. The van der Waals surface area contributed by atoms with Gasteiger partial charge in [0.25, 0.3) is 5.91 Å². The first-order chi connectivity index (χ1) is 17.8. The molecule has 0 aromatic carbocycles. The quantitative estimate of drug-likeness (QED) is 0.274. The number of aliphatic hydroxyl groups is 1. The van der Waals surface area contributed by atoms with Crippen LogP contribution in [-0.2, 0) is 24.0 Å². The second-order valence-electron chi connectivity index (χ2n) is 12.3. The highest BCUT2D eigenvalue weighted by Crippen LogP contribution is 2.65. The van der Waals surface area contributed by atoms with Gasteiger partial charge in [-0.25, -0.2) is 0 Å². The third kappa shape index (κ3) is 6.15. The minimum atomic E-state index is -5.20. The van der Waals surface area contributed by atoms with Crippen molar-refractivity contribution in [3.8, 4) is 0 Å². The average Bonchev–Trinajstić information content (AvgIpc) is 3.18. The molecule has 0 bridgehead atoms. The number of carbonyl (C=O) groups is 5. The zero-order valence-electron chi connectivity index (χ0n) is 22.9. The van der Waals surface area contributed by atoms with E-state index in [9.17, 15) is 42.3 Å². The fourth-order valence-electron chi connectivity index (χ4n) is 5.88. The van der Waals surface area contributed by atoms with Crippen LogP contribution in [0.25, 0.3) is 0 Å². The number of rotatable bonds is 8. The molecule has 2 saturated heterocycles. The number of nitrogens with zero attached hydrogens (tertiary/aromatic N) is 1. The summed E-state index contributed by atoms with van der Waals surface area (Å²) in [6.07, 6.45) is -6.47. The third-order valence-electron chi connectivity index (χ3n) is 8.33. The summed E-state index contributed by atoms with van der Waals surface area (Å²) in [5.41, 5.74) is -1.46. The van der Waals surface area contributed by atoms with E-state index < -0.39 is 65.4 Å². The number of aliphatic hydroxyl groups excluding tert-OH is 1. The molecule has 0 spiro atoms. The number of nitrogens with one attached hydrogen (secondary N) is 4. The Hall–Kier alpha value is -2.90. The minimum Gasteiger partial charge on any atom is -0.381 e. The van der Waals surface area contributed by atoms with Gasteiger partial charge in [0.2, 0.25) is 17.7 Å². The van der Waals surface area contributed by atoms with Crippen LogP contribution in [0.1, 0.15) is 47.5 Å². The molecule has 3 aliphatic rings. The van der Waals surface area contributed by atoms with Gasteiger partial charge in [0.1, 0.15) is 12.1 Å². The van der Waals surface area contributed by atoms with Gasteiger partial charge < -0.3 is 31.3 Å². The van der Waals surface area contributed by atoms with E-state index >= 15 is 0 Å². The van der Waals surface area contributed by atoms with Crippen molar-refractivity contribution in [2.24, 2.45) is 28.6 Å². The highest BCUT2D eigenvalue weighted by Gasteiger charge is 2.70. The molecular weight excluding hydrogens is 523 g/mol. The van der Waals surface area contributed by atoms with Gasteiger partial charge in [0.05, 0.1) is 6.04 Å². The highest BCUT2D eigenvalue weighted by molar-refractivity contribution is 5.95. The molecule has 3 unspecified atom stereocenters. The first-order valence-electron chi connectivity index (χ1n) is 13.0. The van der Waals surface area contributed by atoms with Gasteiger partial charge >= 0.3 is 12.1 Å². The predicted molar refractivity (Wildman–Crippen MR) is 131 cm³/mol. The van der Waals surface area contributed by atoms with E-state index in [1.165, 1.54) is 32.7 Å². The van der Waals surface area contributed by atoms with Gasteiger partial charge in [-0.15, -0.1) is 0 Å². The van der Waals surface area contributed by atoms with E-state index in [4.69, 9.17) is 0 Å². The Balaban J connectivity index is 1.88. The fraction of sp³-hybridized carbons (Fsp3) is 0.800. The molecule has 3 fully saturated rings. The van der Waals surface area contributed by atoms with Crippen LogP contribution in [0.2, 0.25) is 0 Å². The van der Waals surface area contributed by atoms with Crippen LogP contribution in [0.3, 0.4) is 0 Å². The lowest BCUT2D eigenvalue weighted by Gasteiger charge is -2.38. The molecule has 7 atom stereocenters. The van der Waals surface area contributed by atoms with Crippen molar-refractivity contribution in [1.29, 1.82) is 0 Å². The summed E-state index contributed by atoms with van der Waals surface area (Å²) in [5, 5.41) is 20.1. The van der Waals surface area contributed by atoms with Crippen LogP contribution in [0.4, 0.5) is 13.2 Å². The lowest BCUT2D eigenvalue weighted by atomic mass is 9.85. The van der Waals surface area contributed by atoms with Gasteiger partial charge in [0.15, 0.2) is 6.10 Å². The lowest BCUT2D eigenvalue weighted by molar-refractivity contribution is -0.176. The van der Waals surface area contributed by atoms with Crippen molar-refractivity contribution in [2.75, 3.05) is 20.1 Å². The van der Waals surface area contributed by atoms with Crippen LogP contribution >= 0.6 is 0 Å². The zero-order chi connectivity index (χ0) is 29.7. The molecule has 220 valence electrons. The molecule has 39 heavy (non-hydrogen) atoms. The zero-order valence-corrected chi connectivity index (χ0v) is 22.9. The molecule has 0 aromatic rings. The Labute approximate surface area is 225 Å². The molecular formula is C25H38F3N5O6. The second kappa shape index (κ2) is 10.6. The number of hydrogen-bond acceptors (Lipinski definition) is 6. The number of halogens is 3. The summed E-state index contributed by atoms with van der Waals surface area (Å²) >= 11 is 0. The van der Waals surface area contributed by atoms with Crippen LogP contribution in [0.5, 0.6) is 0 Å². The van der Waals surface area contributed by atoms with E-state index in [-0.39, 0.29) is 36.1 Å². The van der Waals surface area contributed by atoms with Crippen LogP contribution < -0.4 is 21.3 Å². The molecule has 11 nitrogen and oxygen atoms in total. The molecule has 5 N–H and O–H groups in total. The van der Waals surface area contributed by atoms with Gasteiger partial charge in [-0.1, -0.05) is 34.6 Å². The van der Waals surface area contributed by atoms with Crippen molar-refractivity contribution >= 4 is 29.5 Å². The molecule has 2 heterocycles. The maximum Gasteiger partial charge on any atom is 0.471 e. The number of carbonyl (C=O) groups excluding carboxylic acids is 5. The van der Waals surface area contributed by atoms with Gasteiger partial charge in [-0.2, -0.15) is 13.2 Å². The first-order valence-corrected chi connectivity index (χ1v) is 13.0. The largest absolute Gasteiger partial charge is 0.471 e. The minimum absolute atomic E-state index is 0.0312. The van der Waals surface area contributed by atoms with E-state index in [1.54, 1.807) is 5.32 Å². The molecule has 0 aromatic heterocycles. The Morgan fingerprint density at radius 3 is 2.26 bits per heavy atom. The van der Waals surface area contributed by atoms with E-state index in [1.807, 2.05) is 13.8 Å². The SMILES string of the molecule is CNC(=O)C(O)C(C[C@@H]1CCNC1=O)NC(=O)[C@@H]1[C@@H]2[C@H](CN1C(=O)C(NC(=O)C(F)(F)F)C(C)(C)C)C2(C)C. The summed E-state index contributed by atoms with van der Waals surface area (Å²) in [7, 11) is 1.31. The number of likely N-dealkylation sites (N-methyl/N-ethyl adjacent to an activating group) is 1. The van der Waals surface area contributed by atoms with Gasteiger partial charge in [-0.05, 0) is 35.5 Å². The third-order valence-corrected chi connectivity index (χ3v) is 8.33. The fourth-order valence-corrected chi connectivity index (χ4v) is 5.88. The van der Waals surface area contributed by atoms with Crippen molar-refractivity contribution in [3.63, 3.8) is 0 Å².